The molecule has 1 aromatic carbocycles. The molecule has 0 heterocycles. The van der Waals surface area contributed by atoms with E-state index in [1.807, 2.05) is 0 Å². The Bertz CT molecular complexity index is 679. The quantitative estimate of drug-likeness (QED) is 0.163. The maximum atomic E-state index is 11.9. The van der Waals surface area contributed by atoms with Crippen LogP contribution in [0.25, 0.3) is 0 Å². The molecule has 0 amide bonds. The fourth-order valence-electron chi connectivity index (χ4n) is 1.37. The molecule has 0 aliphatic heterocycles. The van der Waals surface area contributed by atoms with Gasteiger partial charge in [-0.2, -0.15) is 8.42 Å². The van der Waals surface area contributed by atoms with Crippen molar-refractivity contribution in [2.45, 2.75) is 31.3 Å². The molecule has 0 aliphatic carbocycles. The van der Waals surface area contributed by atoms with Crippen molar-refractivity contribution in [3.8, 4) is 0 Å². The third-order valence-corrected chi connectivity index (χ3v) is 3.01. The molecule has 0 aliphatic rings. The molecule has 0 bridgehead atoms. The summed E-state index contributed by atoms with van der Waals surface area (Å²) < 4.78 is 36.4. The SMILES string of the molecule is CC(C)(C)OC(=O)C(=O)c1ccc(N)cc1S(=O)(=O)O.N=N. The minimum atomic E-state index is -4.69. The van der Waals surface area contributed by atoms with Crippen LogP contribution in [-0.2, 0) is 19.6 Å². The lowest BCUT2D eigenvalue weighted by Gasteiger charge is -2.19. The molecule has 0 radical (unpaired) electrons. The normalized spacial score (nSPS) is 11.1. The second-order valence-corrected chi connectivity index (χ2v) is 6.45. The second-order valence-electron chi connectivity index (χ2n) is 5.06. The number of carbonyl (C=O) groups is 2. The highest BCUT2D eigenvalue weighted by Crippen LogP contribution is 2.21. The summed E-state index contributed by atoms with van der Waals surface area (Å²) in [6, 6.07) is 3.18. The van der Waals surface area contributed by atoms with E-state index in [4.69, 9.17) is 26.1 Å². The van der Waals surface area contributed by atoms with Crippen molar-refractivity contribution in [1.29, 1.82) is 11.1 Å². The zero-order chi connectivity index (χ0) is 17.7. The lowest BCUT2D eigenvalue weighted by molar-refractivity contribution is -0.148. The molecule has 0 atom stereocenters. The van der Waals surface area contributed by atoms with Crippen molar-refractivity contribution >= 4 is 27.6 Å². The summed E-state index contributed by atoms with van der Waals surface area (Å²) in [6.07, 6.45) is 0. The Morgan fingerprint density at radius 2 is 1.73 bits per heavy atom. The van der Waals surface area contributed by atoms with Gasteiger partial charge in [0.05, 0.1) is 5.56 Å². The summed E-state index contributed by atoms with van der Waals surface area (Å²) in [6.45, 7) is 4.68. The van der Waals surface area contributed by atoms with Crippen molar-refractivity contribution in [1.82, 2.24) is 0 Å². The van der Waals surface area contributed by atoms with Crippen molar-refractivity contribution in [3.05, 3.63) is 23.8 Å². The number of Topliss-reactive ketones (excluding diaryl/α,β-unsaturated/α-hetero) is 1. The van der Waals surface area contributed by atoms with Crippen molar-refractivity contribution < 1.29 is 27.3 Å². The maximum Gasteiger partial charge on any atom is 0.380 e. The molecule has 9 nitrogen and oxygen atoms in total. The first-order valence-electron chi connectivity index (χ1n) is 5.81. The summed E-state index contributed by atoms with van der Waals surface area (Å²) in [5.41, 5.74) is 14.0. The molecule has 0 saturated carbocycles. The first-order chi connectivity index (χ1) is 9.92. The van der Waals surface area contributed by atoms with Gasteiger partial charge in [-0.15, -0.1) is 0 Å². The highest BCUT2D eigenvalue weighted by molar-refractivity contribution is 7.86. The number of hydrogen-bond donors (Lipinski definition) is 4. The average molecular weight is 331 g/mol. The molecular formula is C12H17N3O6S. The molecular weight excluding hydrogens is 314 g/mol. The van der Waals surface area contributed by atoms with Gasteiger partial charge in [0.15, 0.2) is 0 Å². The first kappa shape index (κ1) is 19.7. The monoisotopic (exact) mass is 331 g/mol. The first-order valence-corrected chi connectivity index (χ1v) is 7.25. The van der Waals surface area contributed by atoms with Gasteiger partial charge >= 0.3 is 5.97 Å². The fraction of sp³-hybridized carbons (Fsp3) is 0.333. The predicted octanol–water partition coefficient (Wildman–Crippen LogP) is 1.64. The minimum Gasteiger partial charge on any atom is -0.454 e. The fourth-order valence-corrected chi connectivity index (χ4v) is 2.10. The number of benzene rings is 1. The third kappa shape index (κ3) is 5.58. The molecule has 0 aromatic heterocycles. The highest BCUT2D eigenvalue weighted by Gasteiger charge is 2.29. The summed E-state index contributed by atoms with van der Waals surface area (Å²) in [4.78, 5) is 22.8. The summed E-state index contributed by atoms with van der Waals surface area (Å²) in [5, 5.41) is 0. The Morgan fingerprint density at radius 3 is 2.14 bits per heavy atom. The molecule has 0 fully saturated rings. The van der Waals surface area contributed by atoms with Crippen LogP contribution in [0.4, 0.5) is 5.69 Å². The lowest BCUT2D eigenvalue weighted by atomic mass is 10.1. The van der Waals surface area contributed by atoms with Gasteiger partial charge in [0.2, 0.25) is 0 Å². The summed E-state index contributed by atoms with van der Waals surface area (Å²) in [5.74, 6) is -2.39. The number of anilines is 1. The topological polar surface area (TPSA) is 171 Å². The van der Waals surface area contributed by atoms with Crippen LogP contribution < -0.4 is 5.73 Å². The van der Waals surface area contributed by atoms with Gasteiger partial charge in [0.1, 0.15) is 10.5 Å². The number of esters is 1. The number of carbonyl (C=O) groups excluding carboxylic acids is 2. The molecule has 10 heteroatoms. The largest absolute Gasteiger partial charge is 0.454 e. The number of nitrogen functional groups attached to an aromatic ring is 1. The Hall–Kier alpha value is -2.33. The van der Waals surface area contributed by atoms with Crippen LogP contribution in [0.15, 0.2) is 23.1 Å². The van der Waals surface area contributed by atoms with Crippen LogP contribution in [0.5, 0.6) is 0 Å². The van der Waals surface area contributed by atoms with E-state index in [0.29, 0.717) is 0 Å². The molecule has 0 spiro atoms. The molecule has 22 heavy (non-hydrogen) atoms. The van der Waals surface area contributed by atoms with Gasteiger partial charge < -0.3 is 10.5 Å². The van der Waals surface area contributed by atoms with E-state index in [2.05, 4.69) is 0 Å². The van der Waals surface area contributed by atoms with E-state index < -0.39 is 37.9 Å². The van der Waals surface area contributed by atoms with Crippen molar-refractivity contribution in [3.63, 3.8) is 0 Å². The Kier molecular flexibility index (Phi) is 6.34. The van der Waals surface area contributed by atoms with Crippen LogP contribution >= 0.6 is 0 Å². The van der Waals surface area contributed by atoms with Crippen molar-refractivity contribution in [2.24, 2.45) is 0 Å². The number of nitrogens with one attached hydrogen (secondary N) is 2. The van der Waals surface area contributed by atoms with Gasteiger partial charge in [-0.3, -0.25) is 9.35 Å². The van der Waals surface area contributed by atoms with E-state index in [9.17, 15) is 18.0 Å². The van der Waals surface area contributed by atoms with Gasteiger partial charge in [-0.1, -0.05) is 0 Å². The van der Waals surface area contributed by atoms with E-state index in [1.165, 1.54) is 6.07 Å². The molecule has 122 valence electrons. The van der Waals surface area contributed by atoms with Gasteiger partial charge in [-0.25, -0.2) is 15.9 Å². The van der Waals surface area contributed by atoms with Crippen LogP contribution in [-0.4, -0.2) is 30.3 Å². The molecule has 5 N–H and O–H groups in total. The standard InChI is InChI=1S/C12H15NO6S.H2N2/c1-12(2,3)19-11(15)10(14)8-5-4-7(13)6-9(8)20(16,17)18;1-2/h4-6H,13H2,1-3H3,(H,16,17,18);1-2H. The van der Waals surface area contributed by atoms with E-state index in [1.54, 1.807) is 20.8 Å². The molecule has 0 unspecified atom stereocenters. The number of ether oxygens (including phenoxy) is 1. The summed E-state index contributed by atoms with van der Waals surface area (Å²) in [7, 11) is -4.69. The van der Waals surface area contributed by atoms with E-state index in [0.717, 1.165) is 12.1 Å². The minimum absolute atomic E-state index is 0.0263. The molecule has 1 aromatic rings. The number of hydrogen-bond acceptors (Lipinski definition) is 8. The van der Waals surface area contributed by atoms with Gasteiger partial charge in [-0.05, 0) is 39.0 Å². The zero-order valence-electron chi connectivity index (χ0n) is 12.2. The number of rotatable bonds is 3. The lowest BCUT2D eigenvalue weighted by Crippen LogP contribution is -2.29. The second kappa shape index (κ2) is 7.09. The number of nitrogens with two attached hydrogens (primary N) is 1. The van der Waals surface area contributed by atoms with Crippen LogP contribution in [0.1, 0.15) is 31.1 Å². The van der Waals surface area contributed by atoms with Gasteiger partial charge in [0, 0.05) is 5.69 Å². The Labute approximate surface area is 127 Å². The average Bonchev–Trinajstić information content (AvgIpc) is 2.37. The Morgan fingerprint density at radius 1 is 1.23 bits per heavy atom. The zero-order valence-corrected chi connectivity index (χ0v) is 13.0. The highest BCUT2D eigenvalue weighted by atomic mass is 32.2. The van der Waals surface area contributed by atoms with Crippen LogP contribution in [0, 0.1) is 11.1 Å². The molecule has 1 rings (SSSR count). The van der Waals surface area contributed by atoms with Crippen LogP contribution in [0.3, 0.4) is 0 Å². The van der Waals surface area contributed by atoms with Gasteiger partial charge in [0.25, 0.3) is 15.9 Å². The Balaban J connectivity index is 0.00000211. The smallest absolute Gasteiger partial charge is 0.380 e. The van der Waals surface area contributed by atoms with E-state index >= 15 is 0 Å². The summed E-state index contributed by atoms with van der Waals surface area (Å²) >= 11 is 0. The number of ketones is 1. The maximum absolute atomic E-state index is 11.9. The third-order valence-electron chi connectivity index (χ3n) is 2.11. The van der Waals surface area contributed by atoms with Crippen LogP contribution in [0.2, 0.25) is 0 Å². The van der Waals surface area contributed by atoms with E-state index in [-0.39, 0.29) is 5.69 Å². The van der Waals surface area contributed by atoms with Crippen molar-refractivity contribution in [2.75, 3.05) is 5.73 Å². The molecule has 0 saturated heterocycles. The predicted molar refractivity (Wildman–Crippen MR) is 76.3 cm³/mol.